The van der Waals surface area contributed by atoms with Crippen LogP contribution < -0.4 is 31.1 Å². The van der Waals surface area contributed by atoms with Gasteiger partial charge < -0.3 is 19.3 Å². The Morgan fingerprint density at radius 3 is 1.81 bits per heavy atom. The van der Waals surface area contributed by atoms with Crippen molar-refractivity contribution in [1.82, 2.24) is 4.57 Å². The molecule has 0 unspecified atom stereocenters. The maximum absolute atomic E-state index is 11.1. The first kappa shape index (κ1) is 20.6. The van der Waals surface area contributed by atoms with Crippen LogP contribution in [-0.2, 0) is 10.8 Å². The van der Waals surface area contributed by atoms with E-state index in [9.17, 15) is 34.3 Å². The highest BCUT2D eigenvalue weighted by molar-refractivity contribution is 7.25. The van der Waals surface area contributed by atoms with Gasteiger partial charge in [-0.1, -0.05) is 132 Å². The predicted octanol–water partition coefficient (Wildman–Crippen LogP) is 15.9. The lowest BCUT2D eigenvalue weighted by Gasteiger charge is -2.46. The van der Waals surface area contributed by atoms with Gasteiger partial charge in [-0.2, -0.15) is 0 Å². The van der Waals surface area contributed by atoms with Gasteiger partial charge in [0, 0.05) is 70.8 Å². The molecule has 0 spiro atoms. The number of para-hydroxylation sites is 3. The maximum atomic E-state index is 11.1. The van der Waals surface area contributed by atoms with E-state index < -0.39 is 272 Å². The average molecular weight is 937 g/mol. The van der Waals surface area contributed by atoms with Crippen molar-refractivity contribution in [1.29, 1.82) is 0 Å². The van der Waals surface area contributed by atoms with Crippen LogP contribution in [0.25, 0.3) is 47.7 Å². The predicted molar refractivity (Wildman–Crippen MR) is 298 cm³/mol. The fraction of sp³-hybridized carbons (Fsp3) is 0.143. The summed E-state index contributed by atoms with van der Waals surface area (Å²) < 4.78 is 292. The second kappa shape index (κ2) is 14.3. The Morgan fingerprint density at radius 1 is 0.478 bits per heavy atom. The molecule has 2 aromatic heterocycles. The van der Waals surface area contributed by atoms with Crippen LogP contribution >= 0.6 is 11.3 Å². The van der Waals surface area contributed by atoms with E-state index in [0.29, 0.717) is 16.2 Å². The van der Waals surface area contributed by atoms with E-state index in [2.05, 4.69) is 0 Å². The van der Waals surface area contributed by atoms with E-state index in [1.165, 1.54) is 6.92 Å². The van der Waals surface area contributed by atoms with Gasteiger partial charge in [0.25, 0.3) is 6.71 Å². The van der Waals surface area contributed by atoms with Crippen molar-refractivity contribution < 1.29 is 41.1 Å². The quantitative estimate of drug-likeness (QED) is 0.163. The lowest BCUT2D eigenvalue weighted by Crippen LogP contribution is -2.61. The summed E-state index contributed by atoms with van der Waals surface area (Å²) in [5.41, 5.74) is -11.6. The lowest BCUT2D eigenvalue weighted by atomic mass is 9.33. The first-order valence-electron chi connectivity index (χ1n) is 37.0. The standard InChI is InChI=1S/C63H51BN4S/c1-38-34-55-59-56(35-38)68-52-19-12-16-47-45-14-8-10-18-51(45)67(60(47)52)53-20-13-17-50(61(53)68)64(59)49-32-30-44(37-54(49)66(55)43-31-33-58-48(36-43)46-15-9-11-21-57(46)69-58)65(41-26-22-39(23-27-41)62(2,3)4)42-28-24-40(25-29-42)63(5,6)7/h8-37H,1-7H3/i8D,9D,10D,11D,12D,13D,14D,15D,16D,17D,18D,19D,20D,21D,22D,23D,24D,25D,26D,27D,28D,29D,30D,31D,32D,33D,34D,35D,36D,37D. The van der Waals surface area contributed by atoms with Gasteiger partial charge in [0.1, 0.15) is 0 Å². The van der Waals surface area contributed by atoms with Crippen molar-refractivity contribution in [3.8, 4) is 5.69 Å². The second-order valence-corrected chi connectivity index (χ2v) is 20.1. The summed E-state index contributed by atoms with van der Waals surface area (Å²) in [4.78, 5) is 2.68. The Bertz CT molecular complexity index is 5630. The van der Waals surface area contributed by atoms with Gasteiger partial charge in [0.15, 0.2) is 0 Å². The van der Waals surface area contributed by atoms with Crippen molar-refractivity contribution >= 4 is 128 Å². The highest BCUT2D eigenvalue weighted by atomic mass is 32.1. The number of anilines is 9. The van der Waals surface area contributed by atoms with Crippen LogP contribution in [0.5, 0.6) is 0 Å². The third kappa shape index (κ3) is 5.82. The minimum Gasteiger partial charge on any atom is -0.311 e. The Kier molecular flexibility index (Phi) is 4.25. The average Bonchev–Trinajstić information content (AvgIpc) is 1.65. The molecule has 6 heteroatoms. The van der Waals surface area contributed by atoms with Crippen LogP contribution in [0.4, 0.5) is 51.2 Å². The van der Waals surface area contributed by atoms with Crippen molar-refractivity contribution in [2.24, 2.45) is 0 Å². The molecule has 3 aliphatic rings. The molecule has 0 amide bonds. The number of fused-ring (bicyclic) bond motifs is 12. The zero-order valence-electron chi connectivity index (χ0n) is 67.8. The molecule has 0 fully saturated rings. The number of hydrogen-bond acceptors (Lipinski definition) is 4. The van der Waals surface area contributed by atoms with E-state index in [4.69, 9.17) is 6.85 Å². The van der Waals surface area contributed by atoms with Gasteiger partial charge in [0.05, 0.1) is 69.2 Å². The zero-order chi connectivity index (χ0) is 72.8. The molecule has 0 bridgehead atoms. The first-order chi connectivity index (χ1) is 46.0. The fourth-order valence-corrected chi connectivity index (χ4v) is 10.4. The van der Waals surface area contributed by atoms with Crippen molar-refractivity contribution in [3.63, 3.8) is 0 Å². The molecule has 5 heterocycles. The molecule has 0 saturated heterocycles. The summed E-state index contributed by atoms with van der Waals surface area (Å²) in [7, 11) is 0. The van der Waals surface area contributed by atoms with E-state index in [1.807, 2.05) is 0 Å². The van der Waals surface area contributed by atoms with Gasteiger partial charge in [-0.25, -0.2) is 0 Å². The molecule has 9 aromatic carbocycles. The number of hydrogen-bond donors (Lipinski definition) is 0. The van der Waals surface area contributed by atoms with Gasteiger partial charge in [-0.05, 0) is 141 Å². The number of benzene rings is 9. The van der Waals surface area contributed by atoms with E-state index in [0.717, 1.165) is 14.4 Å². The zero-order valence-corrected chi connectivity index (χ0v) is 38.6. The van der Waals surface area contributed by atoms with Gasteiger partial charge in [0.2, 0.25) is 0 Å². The van der Waals surface area contributed by atoms with E-state index in [-0.39, 0.29) is 58.6 Å². The minimum atomic E-state index is -2.02. The summed E-state index contributed by atoms with van der Waals surface area (Å²) in [6.45, 7) is 8.94. The molecular weight excluding hydrogens is 856 g/mol. The fourth-order valence-electron chi connectivity index (χ4n) is 9.52. The molecule has 4 nitrogen and oxygen atoms in total. The summed E-state index contributed by atoms with van der Waals surface area (Å²) in [6.07, 6.45) is 0. The second-order valence-electron chi connectivity index (χ2n) is 19.1. The number of nitrogens with zero attached hydrogens (tertiary/aromatic N) is 4. The van der Waals surface area contributed by atoms with E-state index >= 15 is 0 Å². The Hall–Kier alpha value is -7.54. The van der Waals surface area contributed by atoms with Crippen LogP contribution in [0.2, 0.25) is 0 Å². The number of rotatable bonds is 4. The molecule has 3 aliphatic heterocycles. The number of thiophene rings is 1. The van der Waals surface area contributed by atoms with Gasteiger partial charge >= 0.3 is 0 Å². The van der Waals surface area contributed by atoms with Crippen molar-refractivity contribution in [2.75, 3.05) is 14.7 Å². The molecule has 14 rings (SSSR count). The molecule has 0 aliphatic carbocycles. The molecular formula is C63H51BN4S. The first-order valence-corrected chi connectivity index (χ1v) is 22.8. The van der Waals surface area contributed by atoms with E-state index in [1.54, 1.807) is 41.5 Å². The maximum Gasteiger partial charge on any atom is 0.252 e. The summed E-state index contributed by atoms with van der Waals surface area (Å²) in [5.74, 6) is 0. The number of aromatic nitrogens is 1. The molecule has 332 valence electrons. The molecule has 0 radical (unpaired) electrons. The molecule has 0 N–H and O–H groups in total. The van der Waals surface area contributed by atoms with Crippen LogP contribution in [-0.4, -0.2) is 11.3 Å². The molecule has 69 heavy (non-hydrogen) atoms. The topological polar surface area (TPSA) is 14.7 Å². The third-order valence-electron chi connectivity index (χ3n) is 12.7. The molecule has 0 saturated carbocycles. The van der Waals surface area contributed by atoms with Crippen molar-refractivity contribution in [3.05, 3.63) is 198 Å². The highest BCUT2D eigenvalue weighted by Crippen LogP contribution is 2.53. The Balaban J connectivity index is 1.26. The Labute approximate surface area is 450 Å². The summed E-state index contributed by atoms with van der Waals surface area (Å²) in [5, 5.41) is -1.37. The molecule has 0 atom stereocenters. The van der Waals surface area contributed by atoms with Gasteiger partial charge in [-0.3, -0.25) is 0 Å². The van der Waals surface area contributed by atoms with Crippen LogP contribution in [0.15, 0.2) is 181 Å². The van der Waals surface area contributed by atoms with Gasteiger partial charge in [-0.15, -0.1) is 11.3 Å². The Morgan fingerprint density at radius 2 is 1.09 bits per heavy atom. The monoisotopic (exact) mass is 937 g/mol. The highest BCUT2D eigenvalue weighted by Gasteiger charge is 2.46. The van der Waals surface area contributed by atoms with Crippen LogP contribution in [0.1, 0.15) is 99.4 Å². The normalized spacial score (nSPS) is 19.7. The largest absolute Gasteiger partial charge is 0.311 e. The summed E-state index contributed by atoms with van der Waals surface area (Å²) in [6, 6.07) is -24.1. The molecule has 11 aromatic rings. The lowest BCUT2D eigenvalue weighted by molar-refractivity contribution is 0.590. The third-order valence-corrected chi connectivity index (χ3v) is 13.7. The van der Waals surface area contributed by atoms with Crippen molar-refractivity contribution in [2.45, 2.75) is 59.3 Å². The van der Waals surface area contributed by atoms with Crippen LogP contribution in [0.3, 0.4) is 0 Å². The van der Waals surface area contributed by atoms with Crippen LogP contribution in [0, 0.1) is 6.92 Å². The minimum absolute atomic E-state index is 0.140. The SMILES string of the molecule is [2H]c1c([2H])c2c3c(c1[2H])-n1c4c([2H])c([2H])c([2H])c([2H])c4c4c([2H])c([2H])c([2H])c(c41)N3c1c([2H])c(C)c([2H])c3c1B2c1c([2H])c([2H])c(N(c2c([2H])c([2H])c(C(C)(C)C)c([2H])c2[2H])c2c([2H])c([2H])c(C(C)(C)C)c([2H])c2[2H])c([2H])c1N3c1c([2H])c([2H])c2sc3c([2H])c([2H])c([2H])c([2H])c3c2c1[2H]. The smallest absolute Gasteiger partial charge is 0.252 e. The summed E-state index contributed by atoms with van der Waals surface area (Å²) >= 11 is 0.658.